The van der Waals surface area contributed by atoms with Gasteiger partial charge in [-0.1, -0.05) is 0 Å². The Labute approximate surface area is 176 Å². The van der Waals surface area contributed by atoms with E-state index < -0.39 is 5.60 Å². The molecule has 0 unspecified atom stereocenters. The molecule has 0 saturated carbocycles. The lowest BCUT2D eigenvalue weighted by molar-refractivity contribution is 0.0614. The third kappa shape index (κ3) is 4.34. The molecule has 0 atom stereocenters. The normalized spacial score (nSPS) is 11.1. The molecule has 30 heavy (non-hydrogen) atoms. The van der Waals surface area contributed by atoms with Crippen LogP contribution in [0, 0.1) is 0 Å². The fraction of sp³-hybridized carbons (Fsp3) is 0.455. The second-order valence-electron chi connectivity index (χ2n) is 6.52. The molecule has 166 valence electrons. The number of hydrogen-bond donors (Lipinski definition) is 2. The Kier molecular flexibility index (Phi) is 8.02. The number of rotatable bonds is 11. The molecule has 0 aliphatic rings. The summed E-state index contributed by atoms with van der Waals surface area (Å²) in [7, 11) is 9.05. The van der Waals surface area contributed by atoms with Gasteiger partial charge in [0.2, 0.25) is 11.5 Å². The minimum atomic E-state index is -1.51. The summed E-state index contributed by atoms with van der Waals surface area (Å²) in [6.07, 6.45) is 0.574. The lowest BCUT2D eigenvalue weighted by Gasteiger charge is -2.31. The molecule has 2 N–H and O–H groups in total. The van der Waals surface area contributed by atoms with Crippen molar-refractivity contribution in [2.24, 2.45) is 0 Å². The van der Waals surface area contributed by atoms with Crippen molar-refractivity contribution in [1.82, 2.24) is 0 Å². The fourth-order valence-corrected chi connectivity index (χ4v) is 3.43. The molecular formula is C22H30O8. The zero-order valence-corrected chi connectivity index (χ0v) is 18.3. The molecule has 0 saturated heterocycles. The second-order valence-corrected chi connectivity index (χ2v) is 6.52. The molecule has 0 heterocycles. The number of benzene rings is 2. The van der Waals surface area contributed by atoms with Crippen LogP contribution in [-0.4, -0.2) is 59.5 Å². The number of hydrogen-bond acceptors (Lipinski definition) is 8. The third-order valence-corrected chi connectivity index (χ3v) is 4.98. The summed E-state index contributed by atoms with van der Waals surface area (Å²) in [6, 6.07) is 6.73. The van der Waals surface area contributed by atoms with E-state index in [1.807, 2.05) is 0 Å². The van der Waals surface area contributed by atoms with Crippen LogP contribution in [0.15, 0.2) is 24.3 Å². The van der Waals surface area contributed by atoms with Crippen molar-refractivity contribution in [2.45, 2.75) is 18.4 Å². The Balaban J connectivity index is 2.78. The van der Waals surface area contributed by atoms with Gasteiger partial charge in [0, 0.05) is 6.61 Å². The highest BCUT2D eigenvalue weighted by Crippen LogP contribution is 2.47. The standard InChI is InChI=1S/C22H30O8/c1-25-16-10-14(11-17(26-2)20(16)29-5)22(24,8-7-9-23)15-12-18(27-3)21(30-6)19(13-15)28-4/h10-13,23-24H,7-9H2,1-6H3. The van der Waals surface area contributed by atoms with Gasteiger partial charge in [0.05, 0.1) is 42.7 Å². The minimum Gasteiger partial charge on any atom is -0.493 e. The minimum absolute atomic E-state index is 0.0862. The molecule has 0 fully saturated rings. The molecule has 0 spiro atoms. The van der Waals surface area contributed by atoms with Crippen LogP contribution in [0.25, 0.3) is 0 Å². The molecule has 0 aromatic heterocycles. The maximum Gasteiger partial charge on any atom is 0.203 e. The zero-order valence-electron chi connectivity index (χ0n) is 18.3. The van der Waals surface area contributed by atoms with E-state index in [2.05, 4.69) is 0 Å². The highest BCUT2D eigenvalue weighted by atomic mass is 16.5. The topological polar surface area (TPSA) is 95.8 Å². The van der Waals surface area contributed by atoms with Crippen LogP contribution in [0.3, 0.4) is 0 Å². The number of aliphatic hydroxyl groups is 2. The van der Waals surface area contributed by atoms with Gasteiger partial charge < -0.3 is 38.6 Å². The van der Waals surface area contributed by atoms with E-state index in [9.17, 15) is 10.2 Å². The number of aliphatic hydroxyl groups excluding tert-OH is 1. The van der Waals surface area contributed by atoms with E-state index in [0.717, 1.165) is 0 Å². The average Bonchev–Trinajstić information content (AvgIpc) is 2.79. The van der Waals surface area contributed by atoms with Gasteiger partial charge in [-0.05, 0) is 48.2 Å². The molecule has 8 nitrogen and oxygen atoms in total. The summed E-state index contributed by atoms with van der Waals surface area (Å²) in [6.45, 7) is -0.0862. The summed E-state index contributed by atoms with van der Waals surface area (Å²) < 4.78 is 32.6. The Morgan fingerprint density at radius 3 is 1.20 bits per heavy atom. The van der Waals surface area contributed by atoms with Gasteiger partial charge in [-0.3, -0.25) is 0 Å². The van der Waals surface area contributed by atoms with Crippen molar-refractivity contribution in [3.8, 4) is 34.5 Å². The highest BCUT2D eigenvalue weighted by molar-refractivity contribution is 5.59. The fourth-order valence-electron chi connectivity index (χ4n) is 3.43. The quantitative estimate of drug-likeness (QED) is 0.571. The molecule has 0 bridgehead atoms. The van der Waals surface area contributed by atoms with Crippen molar-refractivity contribution >= 4 is 0 Å². The number of methoxy groups -OCH3 is 6. The monoisotopic (exact) mass is 422 g/mol. The first-order valence-corrected chi connectivity index (χ1v) is 9.38. The maximum absolute atomic E-state index is 11.9. The Bertz CT molecular complexity index is 736. The van der Waals surface area contributed by atoms with Gasteiger partial charge in [-0.15, -0.1) is 0 Å². The lowest BCUT2D eigenvalue weighted by Crippen LogP contribution is -2.28. The van der Waals surface area contributed by atoms with Crippen molar-refractivity contribution in [2.75, 3.05) is 49.3 Å². The smallest absolute Gasteiger partial charge is 0.203 e. The first-order chi connectivity index (χ1) is 14.4. The van der Waals surface area contributed by atoms with Crippen LogP contribution >= 0.6 is 0 Å². The summed E-state index contributed by atoms with van der Waals surface area (Å²) in [5, 5.41) is 21.3. The molecule has 0 aliphatic heterocycles. The zero-order chi connectivity index (χ0) is 22.3. The van der Waals surface area contributed by atoms with E-state index in [0.29, 0.717) is 52.0 Å². The predicted molar refractivity (Wildman–Crippen MR) is 112 cm³/mol. The number of ether oxygens (including phenoxy) is 6. The molecule has 0 radical (unpaired) electrons. The van der Waals surface area contributed by atoms with Crippen LogP contribution in [0.4, 0.5) is 0 Å². The van der Waals surface area contributed by atoms with Gasteiger partial charge >= 0.3 is 0 Å². The first-order valence-electron chi connectivity index (χ1n) is 9.38. The van der Waals surface area contributed by atoms with Crippen LogP contribution < -0.4 is 28.4 Å². The first kappa shape index (κ1) is 23.4. The summed E-state index contributed by atoms with van der Waals surface area (Å²) in [5.41, 5.74) is -0.512. The van der Waals surface area contributed by atoms with E-state index in [1.165, 1.54) is 42.7 Å². The Morgan fingerprint density at radius 2 is 0.967 bits per heavy atom. The van der Waals surface area contributed by atoms with Crippen molar-refractivity contribution in [3.63, 3.8) is 0 Å². The van der Waals surface area contributed by atoms with Crippen LogP contribution in [0.1, 0.15) is 24.0 Å². The SMILES string of the molecule is COc1cc(C(O)(CCCO)c2cc(OC)c(OC)c(OC)c2)cc(OC)c1OC. The summed E-state index contributed by atoms with van der Waals surface area (Å²) >= 11 is 0. The van der Waals surface area contributed by atoms with Crippen LogP contribution in [0.2, 0.25) is 0 Å². The van der Waals surface area contributed by atoms with E-state index >= 15 is 0 Å². The van der Waals surface area contributed by atoms with Crippen molar-refractivity contribution in [1.29, 1.82) is 0 Å². The van der Waals surface area contributed by atoms with E-state index in [4.69, 9.17) is 28.4 Å². The van der Waals surface area contributed by atoms with E-state index in [1.54, 1.807) is 24.3 Å². The third-order valence-electron chi connectivity index (χ3n) is 4.98. The molecular weight excluding hydrogens is 392 g/mol. The molecule has 0 amide bonds. The second kappa shape index (κ2) is 10.3. The molecule has 8 heteroatoms. The predicted octanol–water partition coefficient (Wildman–Crippen LogP) is 2.75. The molecule has 2 aromatic carbocycles. The highest BCUT2D eigenvalue weighted by Gasteiger charge is 2.35. The molecule has 0 aliphatic carbocycles. The van der Waals surface area contributed by atoms with Gasteiger partial charge in [0.1, 0.15) is 5.60 Å². The van der Waals surface area contributed by atoms with E-state index in [-0.39, 0.29) is 13.0 Å². The maximum atomic E-state index is 11.9. The van der Waals surface area contributed by atoms with Crippen LogP contribution in [-0.2, 0) is 5.60 Å². The van der Waals surface area contributed by atoms with Crippen molar-refractivity contribution < 1.29 is 38.6 Å². The largest absolute Gasteiger partial charge is 0.493 e. The Morgan fingerprint density at radius 1 is 0.633 bits per heavy atom. The average molecular weight is 422 g/mol. The molecule has 2 aromatic rings. The molecule has 2 rings (SSSR count). The Hall–Kier alpha value is -2.84. The lowest BCUT2D eigenvalue weighted by atomic mass is 9.82. The van der Waals surface area contributed by atoms with Crippen molar-refractivity contribution in [3.05, 3.63) is 35.4 Å². The summed E-state index contributed by atoms with van der Waals surface area (Å²) in [4.78, 5) is 0. The summed E-state index contributed by atoms with van der Waals surface area (Å²) in [5.74, 6) is 2.45. The van der Waals surface area contributed by atoms with Crippen LogP contribution in [0.5, 0.6) is 34.5 Å². The van der Waals surface area contributed by atoms with Gasteiger partial charge in [-0.2, -0.15) is 0 Å². The van der Waals surface area contributed by atoms with Gasteiger partial charge in [0.25, 0.3) is 0 Å². The van der Waals surface area contributed by atoms with Gasteiger partial charge in [0.15, 0.2) is 23.0 Å². The van der Waals surface area contributed by atoms with Gasteiger partial charge in [-0.25, -0.2) is 0 Å².